The maximum atomic E-state index is 6.21. The molecule has 1 aromatic carbocycles. The van der Waals surface area contributed by atoms with Crippen molar-refractivity contribution in [3.05, 3.63) is 41.4 Å². The van der Waals surface area contributed by atoms with Crippen molar-refractivity contribution in [1.82, 2.24) is 4.90 Å². The molecule has 0 aliphatic carbocycles. The smallest absolute Gasteiger partial charge is 0.0639 e. The van der Waals surface area contributed by atoms with E-state index in [-0.39, 0.29) is 0 Å². The van der Waals surface area contributed by atoms with Crippen LogP contribution in [0.15, 0.2) is 36.4 Å². The molecular formula is C14H19ClN2. The summed E-state index contributed by atoms with van der Waals surface area (Å²) in [7, 11) is 0. The minimum atomic E-state index is 0.848. The molecule has 0 spiro atoms. The van der Waals surface area contributed by atoms with Gasteiger partial charge in [-0.15, -0.1) is 0 Å². The van der Waals surface area contributed by atoms with Gasteiger partial charge in [-0.1, -0.05) is 35.9 Å². The Morgan fingerprint density at radius 3 is 2.47 bits per heavy atom. The van der Waals surface area contributed by atoms with Gasteiger partial charge in [0.25, 0.3) is 0 Å². The van der Waals surface area contributed by atoms with Gasteiger partial charge in [-0.25, -0.2) is 0 Å². The number of hydrogen-bond donors (Lipinski definition) is 0. The van der Waals surface area contributed by atoms with Crippen LogP contribution in [0.2, 0.25) is 5.02 Å². The Morgan fingerprint density at radius 2 is 1.88 bits per heavy atom. The molecule has 1 fully saturated rings. The third kappa shape index (κ3) is 3.24. The minimum absolute atomic E-state index is 0.848. The minimum Gasteiger partial charge on any atom is -0.368 e. The summed E-state index contributed by atoms with van der Waals surface area (Å²) in [4.78, 5) is 4.80. The second kappa shape index (κ2) is 5.56. The number of nitrogens with zero attached hydrogens (tertiary/aromatic N) is 2. The lowest BCUT2D eigenvalue weighted by Crippen LogP contribution is -2.46. The van der Waals surface area contributed by atoms with E-state index in [0.717, 1.165) is 43.4 Å². The molecule has 1 aromatic rings. The molecule has 17 heavy (non-hydrogen) atoms. The third-order valence-corrected chi connectivity index (χ3v) is 3.38. The van der Waals surface area contributed by atoms with Crippen LogP contribution in [0.1, 0.15) is 6.92 Å². The Morgan fingerprint density at radius 1 is 1.24 bits per heavy atom. The van der Waals surface area contributed by atoms with E-state index in [1.807, 2.05) is 18.2 Å². The van der Waals surface area contributed by atoms with Gasteiger partial charge in [0.05, 0.1) is 10.7 Å². The lowest BCUT2D eigenvalue weighted by molar-refractivity contribution is 0.278. The molecule has 2 nitrogen and oxygen atoms in total. The second-order valence-electron chi connectivity index (χ2n) is 4.67. The first-order valence-electron chi connectivity index (χ1n) is 6.03. The highest BCUT2D eigenvalue weighted by molar-refractivity contribution is 6.33. The Balaban J connectivity index is 1.95. The topological polar surface area (TPSA) is 6.48 Å². The average Bonchev–Trinajstić information content (AvgIpc) is 2.30. The van der Waals surface area contributed by atoms with Crippen molar-refractivity contribution < 1.29 is 0 Å². The van der Waals surface area contributed by atoms with E-state index in [0.29, 0.717) is 0 Å². The predicted octanol–water partition coefficient (Wildman–Crippen LogP) is 3.04. The summed E-state index contributed by atoms with van der Waals surface area (Å²) in [5.41, 5.74) is 2.39. The van der Waals surface area contributed by atoms with Crippen LogP contribution in [-0.4, -0.2) is 37.6 Å². The van der Waals surface area contributed by atoms with Crippen molar-refractivity contribution in [2.75, 3.05) is 37.6 Å². The van der Waals surface area contributed by atoms with Crippen LogP contribution in [0.25, 0.3) is 0 Å². The molecule has 1 aliphatic rings. The average molecular weight is 251 g/mol. The first kappa shape index (κ1) is 12.5. The molecule has 1 heterocycles. The molecule has 92 valence electrons. The van der Waals surface area contributed by atoms with Gasteiger partial charge in [0.2, 0.25) is 0 Å². The fourth-order valence-corrected chi connectivity index (χ4v) is 2.49. The molecule has 1 aliphatic heterocycles. The number of rotatable bonds is 3. The maximum Gasteiger partial charge on any atom is 0.0639 e. The lowest BCUT2D eigenvalue weighted by Gasteiger charge is -2.36. The molecule has 0 aromatic heterocycles. The Hall–Kier alpha value is -0.990. The monoisotopic (exact) mass is 250 g/mol. The van der Waals surface area contributed by atoms with Gasteiger partial charge in [-0.05, 0) is 19.1 Å². The van der Waals surface area contributed by atoms with Crippen LogP contribution in [0.5, 0.6) is 0 Å². The number of anilines is 1. The largest absolute Gasteiger partial charge is 0.368 e. The zero-order valence-electron chi connectivity index (χ0n) is 10.3. The molecule has 0 N–H and O–H groups in total. The summed E-state index contributed by atoms with van der Waals surface area (Å²) in [5, 5.41) is 0.848. The van der Waals surface area contributed by atoms with Gasteiger partial charge in [-0.2, -0.15) is 0 Å². The fraction of sp³-hybridized carbons (Fsp3) is 0.429. The standard InChI is InChI=1S/C14H19ClN2/c1-12(2)11-16-7-9-17(10-8-16)14-6-4-3-5-13(14)15/h3-6H,1,7-11H2,2H3. The van der Waals surface area contributed by atoms with E-state index in [9.17, 15) is 0 Å². The molecule has 2 rings (SSSR count). The summed E-state index contributed by atoms with van der Waals surface area (Å²) < 4.78 is 0. The number of piperazine rings is 1. The van der Waals surface area contributed by atoms with E-state index in [1.54, 1.807) is 0 Å². The number of benzene rings is 1. The molecule has 0 atom stereocenters. The first-order chi connectivity index (χ1) is 8.16. The molecule has 0 radical (unpaired) electrons. The summed E-state index contributed by atoms with van der Waals surface area (Å²) in [6, 6.07) is 8.07. The van der Waals surface area contributed by atoms with Crippen LogP contribution in [0.3, 0.4) is 0 Å². The predicted molar refractivity (Wildman–Crippen MR) is 74.9 cm³/mol. The molecule has 3 heteroatoms. The fourth-order valence-electron chi connectivity index (χ4n) is 2.24. The summed E-state index contributed by atoms with van der Waals surface area (Å²) in [5.74, 6) is 0. The highest BCUT2D eigenvalue weighted by Crippen LogP contribution is 2.25. The van der Waals surface area contributed by atoms with Crippen LogP contribution >= 0.6 is 11.6 Å². The van der Waals surface area contributed by atoms with Crippen LogP contribution in [0.4, 0.5) is 5.69 Å². The van der Waals surface area contributed by atoms with Gasteiger partial charge in [-0.3, -0.25) is 4.90 Å². The van der Waals surface area contributed by atoms with Crippen LogP contribution in [0, 0.1) is 0 Å². The molecule has 0 unspecified atom stereocenters. The van der Waals surface area contributed by atoms with E-state index < -0.39 is 0 Å². The summed E-state index contributed by atoms with van der Waals surface area (Å²) >= 11 is 6.21. The number of halogens is 1. The van der Waals surface area contributed by atoms with Gasteiger partial charge < -0.3 is 4.90 Å². The maximum absolute atomic E-state index is 6.21. The number of para-hydroxylation sites is 1. The normalized spacial score (nSPS) is 17.2. The molecule has 1 saturated heterocycles. The van der Waals surface area contributed by atoms with Gasteiger partial charge in [0, 0.05) is 32.7 Å². The van der Waals surface area contributed by atoms with Gasteiger partial charge in [0.15, 0.2) is 0 Å². The zero-order valence-corrected chi connectivity index (χ0v) is 11.1. The number of hydrogen-bond acceptors (Lipinski definition) is 2. The Kier molecular flexibility index (Phi) is 4.08. The Labute approximate surface area is 108 Å². The summed E-state index contributed by atoms with van der Waals surface area (Å²) in [6.07, 6.45) is 0. The van der Waals surface area contributed by atoms with E-state index in [1.165, 1.54) is 5.57 Å². The second-order valence-corrected chi connectivity index (χ2v) is 5.08. The van der Waals surface area contributed by atoms with Crippen LogP contribution < -0.4 is 4.90 Å². The zero-order chi connectivity index (χ0) is 12.3. The molecule has 0 bridgehead atoms. The SMILES string of the molecule is C=C(C)CN1CCN(c2ccccc2Cl)CC1. The quantitative estimate of drug-likeness (QED) is 0.761. The van der Waals surface area contributed by atoms with Crippen molar-refractivity contribution in [3.63, 3.8) is 0 Å². The van der Waals surface area contributed by atoms with Crippen molar-refractivity contribution in [3.8, 4) is 0 Å². The highest BCUT2D eigenvalue weighted by Gasteiger charge is 2.18. The summed E-state index contributed by atoms with van der Waals surface area (Å²) in [6.45, 7) is 11.3. The van der Waals surface area contributed by atoms with Gasteiger partial charge in [0.1, 0.15) is 0 Å². The van der Waals surface area contributed by atoms with E-state index in [2.05, 4.69) is 29.4 Å². The van der Waals surface area contributed by atoms with Crippen LogP contribution in [-0.2, 0) is 0 Å². The molecular weight excluding hydrogens is 232 g/mol. The Bertz CT molecular complexity index is 395. The lowest BCUT2D eigenvalue weighted by atomic mass is 10.2. The first-order valence-corrected chi connectivity index (χ1v) is 6.41. The van der Waals surface area contributed by atoms with Crippen molar-refractivity contribution in [2.45, 2.75) is 6.92 Å². The van der Waals surface area contributed by atoms with Crippen molar-refractivity contribution >= 4 is 17.3 Å². The van der Waals surface area contributed by atoms with E-state index >= 15 is 0 Å². The molecule has 0 amide bonds. The third-order valence-electron chi connectivity index (χ3n) is 3.06. The van der Waals surface area contributed by atoms with Crippen molar-refractivity contribution in [2.24, 2.45) is 0 Å². The highest BCUT2D eigenvalue weighted by atomic mass is 35.5. The van der Waals surface area contributed by atoms with Gasteiger partial charge >= 0.3 is 0 Å². The molecule has 0 saturated carbocycles. The van der Waals surface area contributed by atoms with Crippen molar-refractivity contribution in [1.29, 1.82) is 0 Å². The van der Waals surface area contributed by atoms with E-state index in [4.69, 9.17) is 11.6 Å².